The zero-order chi connectivity index (χ0) is 12.6. The van der Waals surface area contributed by atoms with Crippen LogP contribution in [0.2, 0.25) is 5.02 Å². The summed E-state index contributed by atoms with van der Waals surface area (Å²) in [7, 11) is 0. The van der Waals surface area contributed by atoms with E-state index in [1.165, 1.54) is 0 Å². The summed E-state index contributed by atoms with van der Waals surface area (Å²) < 4.78 is 0. The van der Waals surface area contributed by atoms with E-state index >= 15 is 0 Å². The highest BCUT2D eigenvalue weighted by Gasteiger charge is 2.34. The third-order valence-electron chi connectivity index (χ3n) is 3.09. The summed E-state index contributed by atoms with van der Waals surface area (Å²) in [6.45, 7) is 4.63. The van der Waals surface area contributed by atoms with Gasteiger partial charge in [-0.15, -0.1) is 0 Å². The summed E-state index contributed by atoms with van der Waals surface area (Å²) in [6, 6.07) is 5.39. The molecule has 3 nitrogen and oxygen atoms in total. The van der Waals surface area contributed by atoms with Gasteiger partial charge in [0.05, 0.1) is 16.2 Å². The van der Waals surface area contributed by atoms with Gasteiger partial charge in [0.1, 0.15) is 0 Å². The van der Waals surface area contributed by atoms with E-state index < -0.39 is 5.60 Å². The molecular weight excluding hydrogens is 238 g/mol. The van der Waals surface area contributed by atoms with Crippen LogP contribution in [0.1, 0.15) is 29.3 Å². The first-order valence-corrected chi connectivity index (χ1v) is 6.05. The molecule has 0 aliphatic carbocycles. The molecule has 0 saturated carbocycles. The SMILES string of the molecule is Cc1ccc(C(=O)N2CCC(C)(O)C2)c(Cl)c1. The molecule has 2 rings (SSSR count). The van der Waals surface area contributed by atoms with Crippen molar-refractivity contribution in [2.24, 2.45) is 0 Å². The summed E-state index contributed by atoms with van der Waals surface area (Å²) >= 11 is 6.06. The Hall–Kier alpha value is -1.06. The molecule has 1 aliphatic rings. The van der Waals surface area contributed by atoms with Gasteiger partial charge in [0.25, 0.3) is 5.91 Å². The van der Waals surface area contributed by atoms with Crippen molar-refractivity contribution in [2.75, 3.05) is 13.1 Å². The molecule has 92 valence electrons. The molecule has 1 heterocycles. The molecule has 1 aromatic rings. The molecule has 17 heavy (non-hydrogen) atoms. The fourth-order valence-corrected chi connectivity index (χ4v) is 2.40. The van der Waals surface area contributed by atoms with E-state index in [0.717, 1.165) is 5.56 Å². The highest BCUT2D eigenvalue weighted by molar-refractivity contribution is 6.33. The lowest BCUT2D eigenvalue weighted by Crippen LogP contribution is -2.34. The minimum atomic E-state index is -0.771. The van der Waals surface area contributed by atoms with Gasteiger partial charge >= 0.3 is 0 Å². The van der Waals surface area contributed by atoms with Crippen LogP contribution in [0.5, 0.6) is 0 Å². The number of rotatable bonds is 1. The molecule has 1 saturated heterocycles. The summed E-state index contributed by atoms with van der Waals surface area (Å²) in [5.41, 5.74) is 0.766. The summed E-state index contributed by atoms with van der Waals surface area (Å²) in [5, 5.41) is 10.3. The first kappa shape index (κ1) is 12.4. The fourth-order valence-electron chi connectivity index (χ4n) is 2.08. The Bertz CT molecular complexity index is 457. The van der Waals surface area contributed by atoms with Crippen molar-refractivity contribution in [3.8, 4) is 0 Å². The monoisotopic (exact) mass is 253 g/mol. The van der Waals surface area contributed by atoms with E-state index in [2.05, 4.69) is 0 Å². The van der Waals surface area contributed by atoms with Crippen LogP contribution in [0.15, 0.2) is 18.2 Å². The van der Waals surface area contributed by atoms with Crippen molar-refractivity contribution in [3.05, 3.63) is 34.3 Å². The highest BCUT2D eigenvalue weighted by Crippen LogP contribution is 2.25. The minimum Gasteiger partial charge on any atom is -0.388 e. The molecule has 0 bridgehead atoms. The Labute approximate surface area is 106 Å². The minimum absolute atomic E-state index is 0.104. The first-order valence-electron chi connectivity index (χ1n) is 5.67. The third kappa shape index (κ3) is 2.61. The van der Waals surface area contributed by atoms with Gasteiger partial charge in [-0.25, -0.2) is 0 Å². The van der Waals surface area contributed by atoms with Crippen molar-refractivity contribution in [1.82, 2.24) is 4.90 Å². The Morgan fingerprint density at radius 2 is 2.24 bits per heavy atom. The summed E-state index contributed by atoms with van der Waals surface area (Å²) in [4.78, 5) is 13.8. The van der Waals surface area contributed by atoms with Crippen LogP contribution in [-0.2, 0) is 0 Å². The largest absolute Gasteiger partial charge is 0.388 e. The lowest BCUT2D eigenvalue weighted by molar-refractivity contribution is 0.0572. The molecule has 0 aromatic heterocycles. The van der Waals surface area contributed by atoms with Gasteiger partial charge in [0.2, 0.25) is 0 Å². The molecular formula is C13H16ClNO2. The lowest BCUT2D eigenvalue weighted by atomic mass is 10.1. The van der Waals surface area contributed by atoms with Crippen molar-refractivity contribution in [1.29, 1.82) is 0 Å². The smallest absolute Gasteiger partial charge is 0.255 e. The van der Waals surface area contributed by atoms with Crippen LogP contribution in [0.4, 0.5) is 0 Å². The lowest BCUT2D eigenvalue weighted by Gasteiger charge is -2.19. The van der Waals surface area contributed by atoms with E-state index in [1.807, 2.05) is 13.0 Å². The Morgan fingerprint density at radius 3 is 2.76 bits per heavy atom. The molecule has 1 amide bonds. The second kappa shape index (κ2) is 4.31. The van der Waals surface area contributed by atoms with Crippen LogP contribution in [0.3, 0.4) is 0 Å². The predicted octanol–water partition coefficient (Wildman–Crippen LogP) is 2.25. The predicted molar refractivity (Wildman–Crippen MR) is 67.3 cm³/mol. The molecule has 1 N–H and O–H groups in total. The van der Waals surface area contributed by atoms with Crippen molar-refractivity contribution in [2.45, 2.75) is 25.9 Å². The van der Waals surface area contributed by atoms with Gasteiger partial charge in [-0.3, -0.25) is 4.79 Å². The average Bonchev–Trinajstić information content (AvgIpc) is 2.58. The van der Waals surface area contributed by atoms with Crippen LogP contribution in [0, 0.1) is 6.92 Å². The number of halogens is 1. The second-order valence-corrected chi connectivity index (χ2v) is 5.36. The highest BCUT2D eigenvalue weighted by atomic mass is 35.5. The van der Waals surface area contributed by atoms with E-state index in [-0.39, 0.29) is 5.91 Å². The maximum absolute atomic E-state index is 12.2. The van der Waals surface area contributed by atoms with Gasteiger partial charge in [-0.1, -0.05) is 17.7 Å². The van der Waals surface area contributed by atoms with Gasteiger partial charge in [0.15, 0.2) is 0 Å². The fraction of sp³-hybridized carbons (Fsp3) is 0.462. The van der Waals surface area contributed by atoms with E-state index in [0.29, 0.717) is 30.1 Å². The molecule has 0 spiro atoms. The number of hydrogen-bond acceptors (Lipinski definition) is 2. The van der Waals surface area contributed by atoms with E-state index in [9.17, 15) is 9.90 Å². The Morgan fingerprint density at radius 1 is 1.53 bits per heavy atom. The van der Waals surface area contributed by atoms with E-state index in [1.54, 1.807) is 24.0 Å². The number of β-amino-alcohol motifs (C(OH)–C–C–N with tert-alkyl or cyclic N) is 1. The standard InChI is InChI=1S/C13H16ClNO2/c1-9-3-4-10(11(14)7-9)12(16)15-6-5-13(2,17)8-15/h3-4,7,17H,5-6,8H2,1-2H3. The number of hydrogen-bond donors (Lipinski definition) is 1. The number of carbonyl (C=O) groups excluding carboxylic acids is 1. The molecule has 4 heteroatoms. The maximum atomic E-state index is 12.2. The van der Waals surface area contributed by atoms with Crippen molar-refractivity contribution in [3.63, 3.8) is 0 Å². The number of nitrogens with zero attached hydrogens (tertiary/aromatic N) is 1. The number of benzene rings is 1. The van der Waals surface area contributed by atoms with Crippen LogP contribution < -0.4 is 0 Å². The van der Waals surface area contributed by atoms with Gasteiger partial charge < -0.3 is 10.0 Å². The first-order chi connectivity index (χ1) is 7.89. The Balaban J connectivity index is 2.21. The topological polar surface area (TPSA) is 40.5 Å². The molecule has 1 fully saturated rings. The zero-order valence-electron chi connectivity index (χ0n) is 10.0. The van der Waals surface area contributed by atoms with Gasteiger partial charge in [-0.2, -0.15) is 0 Å². The number of aryl methyl sites for hydroxylation is 1. The molecule has 1 unspecified atom stereocenters. The average molecular weight is 254 g/mol. The quantitative estimate of drug-likeness (QED) is 0.834. The molecule has 1 aliphatic heterocycles. The molecule has 1 aromatic carbocycles. The van der Waals surface area contributed by atoms with Gasteiger partial charge in [-0.05, 0) is 38.0 Å². The number of aliphatic hydroxyl groups is 1. The normalized spacial score (nSPS) is 24.1. The Kier molecular flexibility index (Phi) is 3.15. The van der Waals surface area contributed by atoms with E-state index in [4.69, 9.17) is 11.6 Å². The van der Waals surface area contributed by atoms with Crippen LogP contribution in [-0.4, -0.2) is 34.6 Å². The summed E-state index contributed by atoms with van der Waals surface area (Å²) in [6.07, 6.45) is 0.613. The number of carbonyl (C=O) groups is 1. The van der Waals surface area contributed by atoms with Crippen LogP contribution in [0.25, 0.3) is 0 Å². The van der Waals surface area contributed by atoms with Gasteiger partial charge in [0, 0.05) is 13.1 Å². The molecule has 1 atom stereocenters. The second-order valence-electron chi connectivity index (χ2n) is 4.96. The van der Waals surface area contributed by atoms with Crippen molar-refractivity contribution < 1.29 is 9.90 Å². The summed E-state index contributed by atoms with van der Waals surface area (Å²) in [5.74, 6) is -0.104. The third-order valence-corrected chi connectivity index (χ3v) is 3.41. The number of amides is 1. The zero-order valence-corrected chi connectivity index (χ0v) is 10.8. The molecule has 0 radical (unpaired) electrons. The maximum Gasteiger partial charge on any atom is 0.255 e. The van der Waals surface area contributed by atoms with Crippen molar-refractivity contribution >= 4 is 17.5 Å². The number of likely N-dealkylation sites (tertiary alicyclic amines) is 1. The van der Waals surface area contributed by atoms with Crippen LogP contribution >= 0.6 is 11.6 Å².